The maximum Gasteiger partial charge on any atom is 0.204 e. The molecule has 2 heterocycles. The first-order chi connectivity index (χ1) is 16.0. The van der Waals surface area contributed by atoms with E-state index in [2.05, 4.69) is 9.88 Å². The largest absolute Gasteiger partial charge is 0.497 e. The zero-order chi connectivity index (χ0) is 23.2. The van der Waals surface area contributed by atoms with E-state index in [9.17, 15) is 0 Å². The Morgan fingerprint density at radius 3 is 2.48 bits per heavy atom. The molecule has 0 fully saturated rings. The molecule has 0 N–H and O–H groups in total. The number of aromatic nitrogens is 4. The lowest BCUT2D eigenvalue weighted by Gasteiger charge is -2.16. The molecule has 2 aromatic heterocycles. The van der Waals surface area contributed by atoms with Gasteiger partial charge in [-0.1, -0.05) is 17.7 Å². The Labute approximate surface area is 202 Å². The van der Waals surface area contributed by atoms with Crippen LogP contribution in [0, 0.1) is 4.77 Å². The van der Waals surface area contributed by atoms with Crippen LogP contribution in [0.4, 0.5) is 0 Å². The summed E-state index contributed by atoms with van der Waals surface area (Å²) in [5, 5.41) is 5.49. The Kier molecular flexibility index (Phi) is 7.39. The van der Waals surface area contributed by atoms with E-state index in [1.807, 2.05) is 70.9 Å². The van der Waals surface area contributed by atoms with Gasteiger partial charge in [-0.2, -0.15) is 0 Å². The number of hydrogen-bond acceptors (Lipinski definition) is 6. The van der Waals surface area contributed by atoms with E-state index in [1.165, 1.54) is 0 Å². The summed E-state index contributed by atoms with van der Waals surface area (Å²) in [6.07, 6.45) is 3.49. The number of hydrogen-bond donors (Lipinski definition) is 0. The van der Waals surface area contributed by atoms with E-state index in [4.69, 9.17) is 38.4 Å². The van der Waals surface area contributed by atoms with Gasteiger partial charge in [-0.25, -0.2) is 4.68 Å². The van der Waals surface area contributed by atoms with Crippen LogP contribution >= 0.6 is 23.8 Å². The topological polar surface area (TPSA) is 57.3 Å². The summed E-state index contributed by atoms with van der Waals surface area (Å²) in [5.74, 6) is 2.27. The molecule has 0 saturated carbocycles. The fraction of sp³-hybridized carbons (Fsp3) is 0.208. The summed E-state index contributed by atoms with van der Waals surface area (Å²) in [5.41, 5.74) is 1.84. The molecule has 0 bridgehead atoms. The first-order valence-corrected chi connectivity index (χ1v) is 11.2. The monoisotopic (exact) mass is 481 g/mol. The van der Waals surface area contributed by atoms with Gasteiger partial charge < -0.3 is 9.47 Å². The SMILES string of the molecule is COc1ccc(-n2c(-c3ccncc3)nn(CN(C)CCOc3cccc(Cl)c3)c2=S)cc1. The van der Waals surface area contributed by atoms with Gasteiger partial charge in [0.15, 0.2) is 5.82 Å². The maximum atomic E-state index is 6.02. The number of nitrogens with zero attached hydrogens (tertiary/aromatic N) is 5. The van der Waals surface area contributed by atoms with Crippen LogP contribution in [0.5, 0.6) is 11.5 Å². The first kappa shape index (κ1) is 23.0. The fourth-order valence-corrected chi connectivity index (χ4v) is 3.80. The minimum atomic E-state index is 0.513. The van der Waals surface area contributed by atoms with Gasteiger partial charge in [0.2, 0.25) is 4.77 Å². The van der Waals surface area contributed by atoms with Crippen molar-refractivity contribution in [2.75, 3.05) is 27.3 Å². The summed E-state index contributed by atoms with van der Waals surface area (Å²) in [7, 11) is 3.65. The highest BCUT2D eigenvalue weighted by atomic mass is 35.5. The van der Waals surface area contributed by atoms with Crippen molar-refractivity contribution in [3.63, 3.8) is 0 Å². The van der Waals surface area contributed by atoms with Gasteiger partial charge in [-0.15, -0.1) is 5.10 Å². The molecular formula is C24H24ClN5O2S. The average Bonchev–Trinajstić information content (AvgIpc) is 3.15. The molecule has 0 saturated heterocycles. The van der Waals surface area contributed by atoms with Crippen molar-refractivity contribution >= 4 is 23.8 Å². The lowest BCUT2D eigenvalue weighted by Crippen LogP contribution is -2.27. The maximum absolute atomic E-state index is 6.02. The van der Waals surface area contributed by atoms with E-state index in [-0.39, 0.29) is 0 Å². The molecule has 170 valence electrons. The molecule has 4 rings (SSSR count). The van der Waals surface area contributed by atoms with E-state index in [0.717, 1.165) is 28.6 Å². The van der Waals surface area contributed by atoms with Crippen LogP contribution < -0.4 is 9.47 Å². The smallest absolute Gasteiger partial charge is 0.204 e. The summed E-state index contributed by atoms with van der Waals surface area (Å²) in [6.45, 7) is 1.72. The van der Waals surface area contributed by atoms with Crippen LogP contribution in [0.2, 0.25) is 5.02 Å². The van der Waals surface area contributed by atoms with Crippen molar-refractivity contribution in [1.29, 1.82) is 0 Å². The second-order valence-electron chi connectivity index (χ2n) is 7.40. The van der Waals surface area contributed by atoms with Gasteiger partial charge >= 0.3 is 0 Å². The second kappa shape index (κ2) is 10.6. The quantitative estimate of drug-likeness (QED) is 0.310. The Hall–Kier alpha value is -3.20. The Bertz CT molecular complexity index is 1260. The van der Waals surface area contributed by atoms with Gasteiger partial charge in [0, 0.05) is 29.5 Å². The normalized spacial score (nSPS) is 11.0. The zero-order valence-electron chi connectivity index (χ0n) is 18.4. The van der Waals surface area contributed by atoms with Crippen molar-refractivity contribution in [2.45, 2.75) is 6.67 Å². The van der Waals surface area contributed by atoms with Crippen LogP contribution in [0.25, 0.3) is 17.1 Å². The van der Waals surface area contributed by atoms with Gasteiger partial charge in [0.1, 0.15) is 18.1 Å². The molecule has 0 aliphatic carbocycles. The summed E-state index contributed by atoms with van der Waals surface area (Å²) in [4.78, 5) is 6.22. The van der Waals surface area contributed by atoms with E-state index >= 15 is 0 Å². The zero-order valence-corrected chi connectivity index (χ0v) is 20.0. The molecule has 0 aliphatic heterocycles. The Morgan fingerprint density at radius 1 is 1.03 bits per heavy atom. The highest BCUT2D eigenvalue weighted by Crippen LogP contribution is 2.24. The van der Waals surface area contributed by atoms with E-state index < -0.39 is 0 Å². The van der Waals surface area contributed by atoms with Crippen molar-refractivity contribution in [3.05, 3.63) is 82.9 Å². The third-order valence-electron chi connectivity index (χ3n) is 5.02. The van der Waals surface area contributed by atoms with Crippen molar-refractivity contribution in [1.82, 2.24) is 24.2 Å². The summed E-state index contributed by atoms with van der Waals surface area (Å²) >= 11 is 11.8. The minimum Gasteiger partial charge on any atom is -0.497 e. The molecule has 9 heteroatoms. The number of halogens is 1. The lowest BCUT2D eigenvalue weighted by atomic mass is 10.2. The number of methoxy groups -OCH3 is 1. The molecule has 4 aromatic rings. The van der Waals surface area contributed by atoms with Crippen LogP contribution in [0.3, 0.4) is 0 Å². The highest BCUT2D eigenvalue weighted by molar-refractivity contribution is 7.71. The van der Waals surface area contributed by atoms with Gasteiger partial charge in [-0.05, 0) is 73.9 Å². The molecule has 0 aliphatic rings. The van der Waals surface area contributed by atoms with E-state index in [1.54, 1.807) is 25.6 Å². The van der Waals surface area contributed by atoms with Crippen molar-refractivity contribution in [3.8, 4) is 28.6 Å². The number of pyridine rings is 1. The predicted octanol–water partition coefficient (Wildman–Crippen LogP) is 5.10. The lowest BCUT2D eigenvalue weighted by molar-refractivity contribution is 0.198. The van der Waals surface area contributed by atoms with Crippen LogP contribution in [-0.2, 0) is 6.67 Å². The number of likely N-dealkylation sites (N-methyl/N-ethyl adjacent to an activating group) is 1. The molecule has 7 nitrogen and oxygen atoms in total. The molecule has 0 spiro atoms. The third-order valence-corrected chi connectivity index (χ3v) is 5.65. The minimum absolute atomic E-state index is 0.513. The Morgan fingerprint density at radius 2 is 1.79 bits per heavy atom. The van der Waals surface area contributed by atoms with Gasteiger partial charge in [0.05, 0.1) is 19.5 Å². The molecule has 33 heavy (non-hydrogen) atoms. The molecular weight excluding hydrogens is 458 g/mol. The molecule has 2 aromatic carbocycles. The molecule has 0 atom stereocenters. The number of rotatable bonds is 9. The first-order valence-electron chi connectivity index (χ1n) is 10.4. The number of benzene rings is 2. The second-order valence-corrected chi connectivity index (χ2v) is 8.20. The summed E-state index contributed by atoms with van der Waals surface area (Å²) < 4.78 is 15.5. The number of ether oxygens (including phenoxy) is 2. The fourth-order valence-electron chi connectivity index (χ4n) is 3.33. The van der Waals surface area contributed by atoms with Crippen LogP contribution in [0.1, 0.15) is 0 Å². The highest BCUT2D eigenvalue weighted by Gasteiger charge is 2.15. The van der Waals surface area contributed by atoms with Crippen molar-refractivity contribution in [2.24, 2.45) is 0 Å². The van der Waals surface area contributed by atoms with E-state index in [0.29, 0.717) is 29.6 Å². The average molecular weight is 482 g/mol. The molecule has 0 unspecified atom stereocenters. The van der Waals surface area contributed by atoms with Crippen LogP contribution in [-0.4, -0.2) is 51.5 Å². The summed E-state index contributed by atoms with van der Waals surface area (Å²) in [6, 6.07) is 19.0. The van der Waals surface area contributed by atoms with Crippen molar-refractivity contribution < 1.29 is 9.47 Å². The predicted molar refractivity (Wildman–Crippen MR) is 132 cm³/mol. The van der Waals surface area contributed by atoms with Crippen LogP contribution in [0.15, 0.2) is 73.1 Å². The standard InChI is InChI=1S/C24H24ClN5O2S/c1-28(14-15-32-22-5-3-4-19(25)16-22)17-29-24(33)30(20-6-8-21(31-2)9-7-20)23(27-29)18-10-12-26-13-11-18/h3-13,16H,14-15,17H2,1-2H3. The van der Waals surface area contributed by atoms with Gasteiger partial charge in [0.25, 0.3) is 0 Å². The third kappa shape index (κ3) is 5.60. The van der Waals surface area contributed by atoms with Gasteiger partial charge in [-0.3, -0.25) is 14.5 Å². The molecule has 0 radical (unpaired) electrons. The Balaban J connectivity index is 1.55. The molecule has 0 amide bonds.